The number of carbonyl (C=O) groups is 3. The van der Waals surface area contributed by atoms with Crippen LogP contribution < -0.4 is 16.0 Å². The van der Waals surface area contributed by atoms with Crippen molar-refractivity contribution in [1.29, 1.82) is 0 Å². The van der Waals surface area contributed by atoms with Crippen LogP contribution in [0.3, 0.4) is 0 Å². The summed E-state index contributed by atoms with van der Waals surface area (Å²) in [5.74, 6) is -0.607. The topological polar surface area (TPSA) is 87.3 Å². The number of hydrogen-bond acceptors (Lipinski definition) is 3. The molecule has 0 atom stereocenters. The molecule has 6 heteroatoms. The van der Waals surface area contributed by atoms with E-state index in [0.717, 1.165) is 6.42 Å². The van der Waals surface area contributed by atoms with Crippen molar-refractivity contribution in [2.75, 3.05) is 10.6 Å². The summed E-state index contributed by atoms with van der Waals surface area (Å²) in [5.41, 5.74) is -0.266. The van der Waals surface area contributed by atoms with Crippen LogP contribution in [-0.2, 0) is 9.59 Å². The van der Waals surface area contributed by atoms with Crippen molar-refractivity contribution in [3.05, 3.63) is 23.8 Å². The maximum absolute atomic E-state index is 13.1. The summed E-state index contributed by atoms with van der Waals surface area (Å²) in [6, 6.07) is 4.95. The highest BCUT2D eigenvalue weighted by molar-refractivity contribution is 6.02. The molecule has 0 heterocycles. The number of carbonyl (C=O) groups excluding carboxylic acids is 3. The van der Waals surface area contributed by atoms with Crippen LogP contribution in [0, 0.1) is 16.2 Å². The first kappa shape index (κ1) is 26.7. The Morgan fingerprint density at radius 2 is 1.06 bits per heavy atom. The van der Waals surface area contributed by atoms with Gasteiger partial charge in [0.05, 0.1) is 0 Å². The highest BCUT2D eigenvalue weighted by atomic mass is 16.2. The molecule has 0 unspecified atom stereocenters. The standard InChI is InChI=1S/C25H41N3O3/c1-22(2,3)15-25(10,11)28-19(29)16-12-17(26-20(30)23(4,5)6)14-18(13-16)27-21(31)24(7,8)9/h12-14H,15H2,1-11H3,(H,26,30)(H,27,31)(H,28,29). The number of amides is 3. The van der Waals surface area contributed by atoms with Crippen LogP contribution in [0.2, 0.25) is 0 Å². The minimum atomic E-state index is -0.595. The van der Waals surface area contributed by atoms with Gasteiger partial charge in [0.25, 0.3) is 5.91 Å². The molecule has 0 fully saturated rings. The molecule has 0 saturated carbocycles. The quantitative estimate of drug-likeness (QED) is 0.567. The van der Waals surface area contributed by atoms with Crippen LogP contribution in [0.4, 0.5) is 11.4 Å². The van der Waals surface area contributed by atoms with Gasteiger partial charge in [-0.1, -0.05) is 62.3 Å². The first-order chi connectivity index (χ1) is 13.7. The molecule has 0 aliphatic rings. The van der Waals surface area contributed by atoms with Crippen LogP contribution in [0.15, 0.2) is 18.2 Å². The first-order valence-corrected chi connectivity index (χ1v) is 10.8. The van der Waals surface area contributed by atoms with E-state index < -0.39 is 16.4 Å². The van der Waals surface area contributed by atoms with Gasteiger partial charge < -0.3 is 16.0 Å². The molecule has 0 aliphatic heterocycles. The summed E-state index contributed by atoms with van der Waals surface area (Å²) in [6.45, 7) is 21.3. The van der Waals surface area contributed by atoms with Crippen molar-refractivity contribution in [1.82, 2.24) is 5.32 Å². The van der Waals surface area contributed by atoms with E-state index in [1.54, 1.807) is 18.2 Å². The van der Waals surface area contributed by atoms with E-state index in [9.17, 15) is 14.4 Å². The van der Waals surface area contributed by atoms with E-state index in [1.807, 2.05) is 55.4 Å². The van der Waals surface area contributed by atoms with Crippen molar-refractivity contribution in [2.24, 2.45) is 16.2 Å². The molecule has 1 aromatic carbocycles. The molecular weight excluding hydrogens is 390 g/mol. The molecule has 1 aromatic rings. The molecular formula is C25H41N3O3. The summed E-state index contributed by atoms with van der Waals surface area (Å²) in [4.78, 5) is 38.1. The molecule has 0 radical (unpaired) electrons. The van der Waals surface area contributed by atoms with Gasteiger partial charge in [-0.3, -0.25) is 14.4 Å². The maximum atomic E-state index is 13.1. The van der Waals surface area contributed by atoms with E-state index in [2.05, 4.69) is 36.7 Å². The third kappa shape index (κ3) is 9.11. The average molecular weight is 432 g/mol. The van der Waals surface area contributed by atoms with Crippen LogP contribution in [0.1, 0.15) is 92.9 Å². The highest BCUT2D eigenvalue weighted by Gasteiger charge is 2.28. The van der Waals surface area contributed by atoms with Gasteiger partial charge in [0.15, 0.2) is 0 Å². The van der Waals surface area contributed by atoms with Gasteiger partial charge in [-0.05, 0) is 43.9 Å². The zero-order valence-electron chi connectivity index (χ0n) is 21.2. The largest absolute Gasteiger partial charge is 0.347 e. The number of hydrogen-bond donors (Lipinski definition) is 3. The lowest BCUT2D eigenvalue weighted by atomic mass is 9.81. The lowest BCUT2D eigenvalue weighted by Crippen LogP contribution is -2.45. The Kier molecular flexibility index (Phi) is 7.75. The van der Waals surface area contributed by atoms with Gasteiger partial charge in [-0.25, -0.2) is 0 Å². The van der Waals surface area contributed by atoms with Crippen molar-refractivity contribution < 1.29 is 14.4 Å². The molecule has 0 saturated heterocycles. The molecule has 31 heavy (non-hydrogen) atoms. The zero-order chi connectivity index (χ0) is 24.4. The molecule has 0 aliphatic carbocycles. The van der Waals surface area contributed by atoms with E-state index >= 15 is 0 Å². The molecule has 3 amide bonds. The summed E-state index contributed by atoms with van der Waals surface area (Å²) in [6.07, 6.45) is 0.791. The number of rotatable bonds is 5. The fourth-order valence-corrected chi connectivity index (χ4v) is 3.29. The predicted molar refractivity (Wildman–Crippen MR) is 128 cm³/mol. The van der Waals surface area contributed by atoms with E-state index in [4.69, 9.17) is 0 Å². The first-order valence-electron chi connectivity index (χ1n) is 10.8. The van der Waals surface area contributed by atoms with Crippen LogP contribution in [0.25, 0.3) is 0 Å². The van der Waals surface area contributed by atoms with E-state index in [1.165, 1.54) is 0 Å². The molecule has 174 valence electrons. The second-order valence-electron chi connectivity index (χ2n) is 12.3. The van der Waals surface area contributed by atoms with E-state index in [0.29, 0.717) is 16.9 Å². The summed E-state index contributed by atoms with van der Waals surface area (Å²) in [7, 11) is 0. The second-order valence-corrected chi connectivity index (χ2v) is 12.3. The second kappa shape index (κ2) is 9.01. The van der Waals surface area contributed by atoms with Gasteiger partial charge >= 0.3 is 0 Å². The van der Waals surface area contributed by atoms with Crippen molar-refractivity contribution in [3.8, 4) is 0 Å². The van der Waals surface area contributed by atoms with Crippen LogP contribution >= 0.6 is 0 Å². The van der Waals surface area contributed by atoms with Gasteiger partial charge in [-0.15, -0.1) is 0 Å². The highest BCUT2D eigenvalue weighted by Crippen LogP contribution is 2.28. The third-order valence-electron chi connectivity index (χ3n) is 4.50. The molecule has 0 spiro atoms. The Balaban J connectivity index is 3.29. The lowest BCUT2D eigenvalue weighted by Gasteiger charge is -2.33. The third-order valence-corrected chi connectivity index (χ3v) is 4.50. The Labute approximate surface area is 187 Å². The number of nitrogens with one attached hydrogen (secondary N) is 3. The molecule has 0 bridgehead atoms. The zero-order valence-corrected chi connectivity index (χ0v) is 21.2. The van der Waals surface area contributed by atoms with Crippen LogP contribution in [0.5, 0.6) is 0 Å². The summed E-state index contributed by atoms with van der Waals surface area (Å²) in [5, 5.41) is 8.81. The SMILES string of the molecule is CC(C)(C)CC(C)(C)NC(=O)c1cc(NC(=O)C(C)(C)C)cc(NC(=O)C(C)(C)C)c1. The van der Waals surface area contributed by atoms with Crippen molar-refractivity contribution in [3.63, 3.8) is 0 Å². The van der Waals surface area contributed by atoms with Gasteiger partial charge in [0.1, 0.15) is 0 Å². The van der Waals surface area contributed by atoms with Crippen molar-refractivity contribution in [2.45, 2.75) is 88.1 Å². The van der Waals surface area contributed by atoms with Gasteiger partial charge in [0, 0.05) is 33.3 Å². The molecule has 3 N–H and O–H groups in total. The maximum Gasteiger partial charge on any atom is 0.251 e. The summed E-state index contributed by atoms with van der Waals surface area (Å²) >= 11 is 0. The molecule has 6 nitrogen and oxygen atoms in total. The Morgan fingerprint density at radius 3 is 1.39 bits per heavy atom. The Hall–Kier alpha value is -2.37. The lowest BCUT2D eigenvalue weighted by molar-refractivity contribution is -0.123. The van der Waals surface area contributed by atoms with Crippen LogP contribution in [-0.4, -0.2) is 23.3 Å². The number of anilines is 2. The molecule has 1 rings (SSSR count). The summed E-state index contributed by atoms with van der Waals surface area (Å²) < 4.78 is 0. The smallest absolute Gasteiger partial charge is 0.251 e. The average Bonchev–Trinajstić information content (AvgIpc) is 2.49. The fraction of sp³-hybridized carbons (Fsp3) is 0.640. The molecule has 0 aromatic heterocycles. The monoisotopic (exact) mass is 431 g/mol. The number of benzene rings is 1. The Bertz CT molecular complexity index is 789. The minimum absolute atomic E-state index is 0.0468. The van der Waals surface area contributed by atoms with Gasteiger partial charge in [0.2, 0.25) is 11.8 Å². The van der Waals surface area contributed by atoms with E-state index in [-0.39, 0.29) is 23.1 Å². The fourth-order valence-electron chi connectivity index (χ4n) is 3.29. The van der Waals surface area contributed by atoms with Gasteiger partial charge in [-0.2, -0.15) is 0 Å². The minimum Gasteiger partial charge on any atom is -0.347 e. The Morgan fingerprint density at radius 1 is 0.677 bits per heavy atom. The van der Waals surface area contributed by atoms with Crippen molar-refractivity contribution >= 4 is 29.1 Å². The normalized spacial score (nSPS) is 12.9. The predicted octanol–water partition coefficient (Wildman–Crippen LogP) is 5.60.